The van der Waals surface area contributed by atoms with Gasteiger partial charge in [0.15, 0.2) is 0 Å². The van der Waals surface area contributed by atoms with Crippen molar-refractivity contribution < 1.29 is 14.8 Å². The Morgan fingerprint density at radius 1 is 1.41 bits per heavy atom. The number of esters is 1. The molecule has 1 saturated carbocycles. The monoisotopic (exact) mass is 306 g/mol. The summed E-state index contributed by atoms with van der Waals surface area (Å²) >= 11 is 0. The molecule has 3 aliphatic rings. The zero-order chi connectivity index (χ0) is 15.9. The van der Waals surface area contributed by atoms with Gasteiger partial charge in [-0.05, 0) is 44.4 Å². The van der Waals surface area contributed by atoms with Crippen LogP contribution in [0.25, 0.3) is 0 Å². The van der Waals surface area contributed by atoms with Gasteiger partial charge in [-0.2, -0.15) is 0 Å². The molecule has 0 bridgehead atoms. The quantitative estimate of drug-likeness (QED) is 0.641. The molecule has 0 aromatic heterocycles. The lowest BCUT2D eigenvalue weighted by Crippen LogP contribution is -2.87. The van der Waals surface area contributed by atoms with Gasteiger partial charge in [0.05, 0.1) is 13.1 Å². The zero-order valence-electron chi connectivity index (χ0n) is 14.7. The van der Waals surface area contributed by atoms with Crippen molar-refractivity contribution >= 4 is 5.97 Å². The summed E-state index contributed by atoms with van der Waals surface area (Å²) in [5.74, 6) is 1.27. The maximum atomic E-state index is 12.3. The molecule has 0 spiro atoms. The molecule has 1 saturated heterocycles. The van der Waals surface area contributed by atoms with Gasteiger partial charge < -0.3 is 10.1 Å². The molecule has 2 fully saturated rings. The van der Waals surface area contributed by atoms with Crippen molar-refractivity contribution in [3.05, 3.63) is 11.1 Å². The minimum atomic E-state index is 0.0653. The van der Waals surface area contributed by atoms with Gasteiger partial charge in [-0.1, -0.05) is 31.9 Å². The number of rotatable bonds is 4. The smallest absolute Gasteiger partial charge is 0.315 e. The molecule has 3 heteroatoms. The molecule has 0 aromatic carbocycles. The van der Waals surface area contributed by atoms with Gasteiger partial charge in [0.2, 0.25) is 0 Å². The van der Waals surface area contributed by atoms with Crippen molar-refractivity contribution in [2.45, 2.75) is 65.9 Å². The van der Waals surface area contributed by atoms with Gasteiger partial charge in [0, 0.05) is 11.8 Å². The predicted octanol–water partition coefficient (Wildman–Crippen LogP) is 2.66. The molecule has 0 unspecified atom stereocenters. The van der Waals surface area contributed by atoms with Crippen LogP contribution < -0.4 is 5.32 Å². The third-order valence-corrected chi connectivity index (χ3v) is 6.24. The highest BCUT2D eigenvalue weighted by Gasteiger charge is 2.53. The van der Waals surface area contributed by atoms with E-state index >= 15 is 0 Å². The average Bonchev–Trinajstić information content (AvgIpc) is 2.71. The summed E-state index contributed by atoms with van der Waals surface area (Å²) in [6.07, 6.45) is 6.13. The number of carbonyl (C=O) groups excluding carboxylic acids is 1. The first kappa shape index (κ1) is 16.0. The van der Waals surface area contributed by atoms with Gasteiger partial charge in [-0.15, -0.1) is 0 Å². The van der Waals surface area contributed by atoms with Gasteiger partial charge in [-0.25, -0.2) is 0 Å². The summed E-state index contributed by atoms with van der Waals surface area (Å²) in [4.78, 5) is 12.3. The summed E-state index contributed by atoms with van der Waals surface area (Å²) in [5, 5.41) is 2.31. The fourth-order valence-corrected chi connectivity index (χ4v) is 4.99. The first-order chi connectivity index (χ1) is 10.4. The van der Waals surface area contributed by atoms with Gasteiger partial charge >= 0.3 is 5.97 Å². The van der Waals surface area contributed by atoms with Crippen LogP contribution in [0.1, 0.15) is 59.8 Å². The predicted molar refractivity (Wildman–Crippen MR) is 87.2 cm³/mol. The minimum absolute atomic E-state index is 0.0653. The van der Waals surface area contributed by atoms with Crippen LogP contribution >= 0.6 is 0 Å². The number of quaternary nitrogens is 1. The molecule has 124 valence electrons. The van der Waals surface area contributed by atoms with Gasteiger partial charge in [0.25, 0.3) is 0 Å². The van der Waals surface area contributed by atoms with Crippen molar-refractivity contribution in [1.29, 1.82) is 0 Å². The lowest BCUT2D eigenvalue weighted by atomic mass is 9.59. The van der Waals surface area contributed by atoms with E-state index in [0.717, 1.165) is 25.9 Å². The second-order valence-corrected chi connectivity index (χ2v) is 8.48. The highest BCUT2D eigenvalue weighted by atomic mass is 16.6. The topological polar surface area (TPSA) is 42.9 Å². The van der Waals surface area contributed by atoms with Crippen molar-refractivity contribution in [3.63, 3.8) is 0 Å². The van der Waals surface area contributed by atoms with E-state index in [4.69, 9.17) is 4.74 Å². The number of allylic oxidation sites excluding steroid dienone is 2. The Morgan fingerprint density at radius 2 is 2.18 bits per heavy atom. The third kappa shape index (κ3) is 2.84. The summed E-state index contributed by atoms with van der Waals surface area (Å²) in [5.41, 5.74) is 3.55. The van der Waals surface area contributed by atoms with E-state index in [1.165, 1.54) is 19.3 Å². The molecule has 22 heavy (non-hydrogen) atoms. The Labute approximate surface area is 134 Å². The minimum Gasteiger partial charge on any atom is -0.462 e. The van der Waals surface area contributed by atoms with Crippen molar-refractivity contribution in [2.75, 3.05) is 13.1 Å². The molecule has 2 aliphatic carbocycles. The van der Waals surface area contributed by atoms with Crippen LogP contribution in [0.2, 0.25) is 0 Å². The first-order valence-electron chi connectivity index (χ1n) is 9.12. The van der Waals surface area contributed by atoms with E-state index in [-0.39, 0.29) is 18.0 Å². The van der Waals surface area contributed by atoms with Crippen molar-refractivity contribution in [3.8, 4) is 0 Å². The molecule has 3 nitrogen and oxygen atoms in total. The molecule has 2 N–H and O–H groups in total. The summed E-state index contributed by atoms with van der Waals surface area (Å²) in [6, 6.07) is 0. The van der Waals surface area contributed by atoms with E-state index < -0.39 is 0 Å². The summed E-state index contributed by atoms with van der Waals surface area (Å²) in [7, 11) is 0. The molecule has 3 rings (SSSR count). The SMILES string of the molecule is CC1=C2C[C@@H]3[C@H](C[NH2+]CC(C)C)C(=O)O[C@@H]3C[C@@]2(C)CCC1. The third-order valence-electron chi connectivity index (χ3n) is 6.24. The molecule has 1 heterocycles. The van der Waals surface area contributed by atoms with Crippen molar-refractivity contribution in [1.82, 2.24) is 0 Å². The second-order valence-electron chi connectivity index (χ2n) is 8.48. The van der Waals surface area contributed by atoms with Crippen LogP contribution in [0, 0.1) is 23.2 Å². The van der Waals surface area contributed by atoms with E-state index in [1.807, 2.05) is 0 Å². The Balaban J connectivity index is 1.74. The summed E-state index contributed by atoms with van der Waals surface area (Å²) < 4.78 is 5.80. The molecule has 0 aromatic rings. The standard InChI is InChI=1S/C19H31NO2/c1-12(2)10-20-11-15-14-8-16-13(3)6-5-7-19(16,4)9-17(14)22-18(15)21/h12,14-15,17,20H,5-11H2,1-4H3/p+1/t14-,15+,17-,19-/m1/s1. The van der Waals surface area contributed by atoms with Crippen LogP contribution in [0.5, 0.6) is 0 Å². The van der Waals surface area contributed by atoms with E-state index in [0.29, 0.717) is 17.3 Å². The molecular formula is C19H32NO2+. The average molecular weight is 306 g/mol. The summed E-state index contributed by atoms with van der Waals surface area (Å²) in [6.45, 7) is 11.2. The molecule has 1 aliphatic heterocycles. The van der Waals surface area contributed by atoms with Gasteiger partial charge in [0.1, 0.15) is 12.0 Å². The highest BCUT2D eigenvalue weighted by molar-refractivity contribution is 5.75. The van der Waals surface area contributed by atoms with Crippen molar-refractivity contribution in [2.24, 2.45) is 23.2 Å². The molecule has 0 amide bonds. The first-order valence-corrected chi connectivity index (χ1v) is 9.12. The molecule has 0 radical (unpaired) electrons. The number of hydrogen-bond acceptors (Lipinski definition) is 2. The second kappa shape index (κ2) is 5.99. The number of nitrogens with two attached hydrogens (primary N) is 1. The van der Waals surface area contributed by atoms with E-state index in [9.17, 15) is 4.79 Å². The number of carbonyl (C=O) groups is 1. The maximum absolute atomic E-state index is 12.3. The Bertz CT molecular complexity index is 482. The number of fused-ring (bicyclic) bond motifs is 2. The lowest BCUT2D eigenvalue weighted by molar-refractivity contribution is -0.664. The Morgan fingerprint density at radius 3 is 2.91 bits per heavy atom. The molecular weight excluding hydrogens is 274 g/mol. The van der Waals surface area contributed by atoms with Crippen LogP contribution in [-0.4, -0.2) is 25.2 Å². The van der Waals surface area contributed by atoms with Crippen LogP contribution in [0.3, 0.4) is 0 Å². The molecule has 4 atom stereocenters. The fourth-order valence-electron chi connectivity index (χ4n) is 4.99. The zero-order valence-corrected chi connectivity index (χ0v) is 14.7. The normalized spacial score (nSPS) is 38.0. The van der Waals surface area contributed by atoms with Crippen LogP contribution in [0.15, 0.2) is 11.1 Å². The number of hydrogen-bond donors (Lipinski definition) is 1. The maximum Gasteiger partial charge on any atom is 0.315 e. The Kier molecular flexibility index (Phi) is 4.37. The largest absolute Gasteiger partial charge is 0.462 e. The van der Waals surface area contributed by atoms with Crippen LogP contribution in [0.4, 0.5) is 0 Å². The van der Waals surface area contributed by atoms with E-state index in [1.54, 1.807) is 11.1 Å². The Hall–Kier alpha value is -0.830. The highest BCUT2D eigenvalue weighted by Crippen LogP contribution is 2.54. The number of ether oxygens (including phenoxy) is 1. The van der Waals surface area contributed by atoms with Crippen LogP contribution in [-0.2, 0) is 9.53 Å². The van der Waals surface area contributed by atoms with E-state index in [2.05, 4.69) is 33.0 Å². The van der Waals surface area contributed by atoms with Gasteiger partial charge in [-0.3, -0.25) is 4.79 Å². The fraction of sp³-hybridized carbons (Fsp3) is 0.842. The lowest BCUT2D eigenvalue weighted by Gasteiger charge is -2.45.